The lowest BCUT2D eigenvalue weighted by molar-refractivity contribution is -0.149. The summed E-state index contributed by atoms with van der Waals surface area (Å²) in [6, 6.07) is -0.345. The summed E-state index contributed by atoms with van der Waals surface area (Å²) < 4.78 is 0. The minimum absolute atomic E-state index is 0.179. The Morgan fingerprint density at radius 2 is 1.58 bits per heavy atom. The SMILES string of the molecule is CC(C)(C)[C@@H](N)C(C)(C)C(=O)O. The van der Waals surface area contributed by atoms with Gasteiger partial charge in [0, 0.05) is 6.04 Å². The van der Waals surface area contributed by atoms with Gasteiger partial charge in [0.05, 0.1) is 5.41 Å². The molecule has 0 amide bonds. The summed E-state index contributed by atoms with van der Waals surface area (Å²) in [5.74, 6) is -0.843. The highest BCUT2D eigenvalue weighted by molar-refractivity contribution is 5.74. The van der Waals surface area contributed by atoms with Crippen LogP contribution in [0.2, 0.25) is 0 Å². The summed E-state index contributed by atoms with van der Waals surface area (Å²) in [5.41, 5.74) is 4.81. The van der Waals surface area contributed by atoms with E-state index in [2.05, 4.69) is 0 Å². The molecule has 0 saturated heterocycles. The molecule has 0 bridgehead atoms. The molecule has 0 aliphatic carbocycles. The molecule has 0 rings (SSSR count). The Kier molecular flexibility index (Phi) is 2.91. The number of hydrogen-bond acceptors (Lipinski definition) is 2. The minimum Gasteiger partial charge on any atom is -0.481 e. The molecule has 0 aromatic heterocycles. The van der Waals surface area contributed by atoms with E-state index in [1.807, 2.05) is 20.8 Å². The van der Waals surface area contributed by atoms with Gasteiger partial charge in [-0.25, -0.2) is 0 Å². The smallest absolute Gasteiger partial charge is 0.310 e. The van der Waals surface area contributed by atoms with Crippen molar-refractivity contribution in [3.8, 4) is 0 Å². The van der Waals surface area contributed by atoms with Crippen molar-refractivity contribution in [1.82, 2.24) is 0 Å². The summed E-state index contributed by atoms with van der Waals surface area (Å²) in [6.45, 7) is 9.16. The van der Waals surface area contributed by atoms with E-state index in [1.54, 1.807) is 13.8 Å². The Morgan fingerprint density at radius 1 is 1.25 bits per heavy atom. The lowest BCUT2D eigenvalue weighted by atomic mass is 9.71. The molecular formula is C9H19NO2. The summed E-state index contributed by atoms with van der Waals surface area (Å²) >= 11 is 0. The average molecular weight is 173 g/mol. The predicted molar refractivity (Wildman–Crippen MR) is 48.8 cm³/mol. The quantitative estimate of drug-likeness (QED) is 0.664. The molecule has 0 heterocycles. The van der Waals surface area contributed by atoms with Crippen molar-refractivity contribution in [2.24, 2.45) is 16.6 Å². The van der Waals surface area contributed by atoms with Crippen molar-refractivity contribution >= 4 is 5.97 Å². The first-order valence-corrected chi connectivity index (χ1v) is 4.09. The largest absolute Gasteiger partial charge is 0.481 e. The fraction of sp³-hybridized carbons (Fsp3) is 0.889. The Labute approximate surface area is 74.0 Å². The van der Waals surface area contributed by atoms with E-state index < -0.39 is 11.4 Å². The van der Waals surface area contributed by atoms with Crippen LogP contribution in [0.25, 0.3) is 0 Å². The molecule has 0 aromatic carbocycles. The fourth-order valence-electron chi connectivity index (χ4n) is 1.22. The first-order valence-electron chi connectivity index (χ1n) is 4.09. The molecule has 3 heteroatoms. The molecule has 1 atom stereocenters. The second kappa shape index (κ2) is 3.05. The highest BCUT2D eigenvalue weighted by Crippen LogP contribution is 2.31. The maximum Gasteiger partial charge on any atom is 0.310 e. The summed E-state index contributed by atoms with van der Waals surface area (Å²) in [5, 5.41) is 8.90. The van der Waals surface area contributed by atoms with E-state index in [1.165, 1.54) is 0 Å². The molecule has 0 aliphatic rings. The van der Waals surface area contributed by atoms with Crippen LogP contribution in [0.4, 0.5) is 0 Å². The van der Waals surface area contributed by atoms with E-state index in [0.29, 0.717) is 0 Å². The van der Waals surface area contributed by atoms with Crippen molar-refractivity contribution in [3.63, 3.8) is 0 Å². The van der Waals surface area contributed by atoms with Crippen molar-refractivity contribution in [2.75, 3.05) is 0 Å². The van der Waals surface area contributed by atoms with Crippen LogP contribution in [-0.4, -0.2) is 17.1 Å². The topological polar surface area (TPSA) is 63.3 Å². The Morgan fingerprint density at radius 3 is 1.67 bits per heavy atom. The van der Waals surface area contributed by atoms with Crippen LogP contribution in [0.15, 0.2) is 0 Å². The average Bonchev–Trinajstić information content (AvgIpc) is 1.83. The van der Waals surface area contributed by atoms with Gasteiger partial charge in [0.2, 0.25) is 0 Å². The minimum atomic E-state index is -0.863. The fourth-order valence-corrected chi connectivity index (χ4v) is 1.22. The van der Waals surface area contributed by atoms with Gasteiger partial charge in [0.1, 0.15) is 0 Å². The van der Waals surface area contributed by atoms with Crippen molar-refractivity contribution < 1.29 is 9.90 Å². The Balaban J connectivity index is 4.69. The molecule has 0 unspecified atom stereocenters. The highest BCUT2D eigenvalue weighted by Gasteiger charge is 2.40. The lowest BCUT2D eigenvalue weighted by Crippen LogP contribution is -2.50. The standard InChI is InChI=1S/C9H19NO2/c1-8(2,3)6(10)9(4,5)7(11)12/h6H,10H2,1-5H3,(H,11,12)/t6-/m1/s1. The number of carboxylic acid groups (broad SMARTS) is 1. The molecule has 0 saturated carbocycles. The van der Waals surface area contributed by atoms with Crippen molar-refractivity contribution in [2.45, 2.75) is 40.7 Å². The monoisotopic (exact) mass is 173 g/mol. The molecule has 0 aromatic rings. The summed E-state index contributed by atoms with van der Waals surface area (Å²) in [7, 11) is 0. The molecule has 72 valence electrons. The molecule has 0 spiro atoms. The molecule has 0 radical (unpaired) electrons. The zero-order valence-corrected chi connectivity index (χ0v) is 8.51. The number of nitrogens with two attached hydrogens (primary N) is 1. The second-order valence-corrected chi connectivity index (χ2v) is 4.87. The number of carboxylic acids is 1. The Bertz CT molecular complexity index is 179. The normalized spacial score (nSPS) is 15.8. The van der Waals surface area contributed by atoms with Crippen LogP contribution >= 0.6 is 0 Å². The third-order valence-electron chi connectivity index (χ3n) is 2.26. The summed E-state index contributed by atoms with van der Waals surface area (Å²) in [4.78, 5) is 10.8. The van der Waals surface area contributed by atoms with Gasteiger partial charge in [-0.2, -0.15) is 0 Å². The van der Waals surface area contributed by atoms with Gasteiger partial charge in [-0.1, -0.05) is 20.8 Å². The van der Waals surface area contributed by atoms with Gasteiger partial charge in [0.25, 0.3) is 0 Å². The molecule has 3 N–H and O–H groups in total. The zero-order chi connectivity index (χ0) is 10.2. The number of hydrogen-bond donors (Lipinski definition) is 2. The molecular weight excluding hydrogens is 154 g/mol. The lowest BCUT2D eigenvalue weighted by Gasteiger charge is -2.37. The van der Waals surface area contributed by atoms with E-state index in [9.17, 15) is 4.79 Å². The molecule has 12 heavy (non-hydrogen) atoms. The van der Waals surface area contributed by atoms with Crippen LogP contribution in [0, 0.1) is 10.8 Å². The Hall–Kier alpha value is -0.570. The van der Waals surface area contributed by atoms with Gasteiger partial charge in [0.15, 0.2) is 0 Å². The predicted octanol–water partition coefficient (Wildman–Crippen LogP) is 1.47. The zero-order valence-electron chi connectivity index (χ0n) is 8.51. The highest BCUT2D eigenvalue weighted by atomic mass is 16.4. The maximum absolute atomic E-state index is 10.8. The molecule has 3 nitrogen and oxygen atoms in total. The van der Waals surface area contributed by atoms with Crippen molar-refractivity contribution in [3.05, 3.63) is 0 Å². The van der Waals surface area contributed by atoms with Gasteiger partial charge in [-0.15, -0.1) is 0 Å². The van der Waals surface area contributed by atoms with E-state index >= 15 is 0 Å². The molecule has 0 fully saturated rings. The van der Waals surface area contributed by atoms with E-state index in [4.69, 9.17) is 10.8 Å². The number of rotatable bonds is 2. The van der Waals surface area contributed by atoms with Crippen molar-refractivity contribution in [1.29, 1.82) is 0 Å². The number of carbonyl (C=O) groups is 1. The molecule has 0 aliphatic heterocycles. The maximum atomic E-state index is 10.8. The van der Waals surface area contributed by atoms with Gasteiger partial charge in [-0.05, 0) is 19.3 Å². The van der Waals surface area contributed by atoms with Crippen LogP contribution < -0.4 is 5.73 Å². The first kappa shape index (κ1) is 11.4. The van der Waals surface area contributed by atoms with E-state index in [-0.39, 0.29) is 11.5 Å². The van der Waals surface area contributed by atoms with Crippen LogP contribution in [0.3, 0.4) is 0 Å². The third kappa shape index (κ3) is 2.21. The van der Waals surface area contributed by atoms with Crippen LogP contribution in [0.5, 0.6) is 0 Å². The third-order valence-corrected chi connectivity index (χ3v) is 2.26. The summed E-state index contributed by atoms with van der Waals surface area (Å²) in [6.07, 6.45) is 0. The van der Waals surface area contributed by atoms with Gasteiger partial charge in [-0.3, -0.25) is 4.79 Å². The van der Waals surface area contributed by atoms with Gasteiger partial charge >= 0.3 is 5.97 Å². The first-order chi connectivity index (χ1) is 5.10. The number of aliphatic carboxylic acids is 1. The second-order valence-electron chi connectivity index (χ2n) is 4.87. The van der Waals surface area contributed by atoms with Gasteiger partial charge < -0.3 is 10.8 Å². The van der Waals surface area contributed by atoms with Crippen LogP contribution in [-0.2, 0) is 4.79 Å². The van der Waals surface area contributed by atoms with Crippen LogP contribution in [0.1, 0.15) is 34.6 Å². The van der Waals surface area contributed by atoms with E-state index in [0.717, 1.165) is 0 Å².